The van der Waals surface area contributed by atoms with Crippen molar-refractivity contribution in [2.45, 2.75) is 19.6 Å². The first-order valence-electron chi connectivity index (χ1n) is 11.8. The van der Waals surface area contributed by atoms with Crippen LogP contribution in [-0.4, -0.2) is 53.8 Å². The summed E-state index contributed by atoms with van der Waals surface area (Å²) in [6.07, 6.45) is 0. The van der Waals surface area contributed by atoms with E-state index in [1.807, 2.05) is 44.1 Å². The largest absolute Gasteiger partial charge is 0.507 e. The third kappa shape index (κ3) is 5.99. The van der Waals surface area contributed by atoms with Gasteiger partial charge in [0.1, 0.15) is 18.1 Å². The molecule has 1 heterocycles. The zero-order chi connectivity index (χ0) is 26.7. The van der Waals surface area contributed by atoms with Crippen LogP contribution in [0, 0.1) is 6.92 Å². The maximum absolute atomic E-state index is 13.2. The number of Topliss-reactive ketones (excluding diaryl/α,β-unsaturated/α-hetero) is 1. The Morgan fingerprint density at radius 1 is 1.00 bits per heavy atom. The number of amides is 1. The number of aryl methyl sites for hydroxylation is 1. The van der Waals surface area contributed by atoms with Gasteiger partial charge in [-0.3, -0.25) is 9.59 Å². The summed E-state index contributed by atoms with van der Waals surface area (Å²) in [5, 5.41) is 11.9. The summed E-state index contributed by atoms with van der Waals surface area (Å²) in [4.78, 5) is 29.6. The zero-order valence-corrected chi connectivity index (χ0v) is 22.4. The summed E-state index contributed by atoms with van der Waals surface area (Å²) in [7, 11) is 3.76. The van der Waals surface area contributed by atoms with Gasteiger partial charge in [0.25, 0.3) is 11.7 Å². The maximum atomic E-state index is 13.2. The first-order valence-corrected chi connectivity index (χ1v) is 12.6. The molecule has 4 rings (SSSR count). The number of likely N-dealkylation sites (tertiary alicyclic amines) is 1. The number of rotatable bonds is 8. The van der Waals surface area contributed by atoms with E-state index in [9.17, 15) is 14.7 Å². The minimum absolute atomic E-state index is 0.00979. The molecule has 0 radical (unpaired) electrons. The van der Waals surface area contributed by atoms with Gasteiger partial charge >= 0.3 is 0 Å². The second-order valence-corrected chi connectivity index (χ2v) is 10.1. The maximum Gasteiger partial charge on any atom is 0.295 e. The van der Waals surface area contributed by atoms with Crippen LogP contribution in [0.1, 0.15) is 28.3 Å². The number of ketones is 1. The summed E-state index contributed by atoms with van der Waals surface area (Å²) in [5.41, 5.74) is 3.20. The second-order valence-electron chi connectivity index (χ2n) is 9.27. The van der Waals surface area contributed by atoms with Crippen molar-refractivity contribution in [3.63, 3.8) is 0 Å². The van der Waals surface area contributed by atoms with Gasteiger partial charge in [-0.2, -0.15) is 0 Å². The quantitative estimate of drug-likeness (QED) is 0.221. The third-order valence-electron chi connectivity index (χ3n) is 6.20. The van der Waals surface area contributed by atoms with Crippen LogP contribution < -0.4 is 4.74 Å². The van der Waals surface area contributed by atoms with E-state index in [4.69, 9.17) is 27.9 Å². The summed E-state index contributed by atoms with van der Waals surface area (Å²) >= 11 is 12.4. The number of likely N-dealkylation sites (N-methyl/N-ethyl adjacent to an activating group) is 1. The van der Waals surface area contributed by atoms with Crippen LogP contribution in [-0.2, 0) is 16.2 Å². The Balaban J connectivity index is 1.66. The van der Waals surface area contributed by atoms with E-state index in [2.05, 4.69) is 6.07 Å². The van der Waals surface area contributed by atoms with Crippen molar-refractivity contribution in [3.8, 4) is 5.75 Å². The van der Waals surface area contributed by atoms with Crippen LogP contribution in [0.15, 0.2) is 72.3 Å². The summed E-state index contributed by atoms with van der Waals surface area (Å²) in [5.74, 6) is -1.05. The van der Waals surface area contributed by atoms with Crippen molar-refractivity contribution < 1.29 is 19.4 Å². The van der Waals surface area contributed by atoms with Crippen LogP contribution in [0.5, 0.6) is 5.75 Å². The van der Waals surface area contributed by atoms with Gasteiger partial charge in [0.15, 0.2) is 0 Å². The van der Waals surface area contributed by atoms with Gasteiger partial charge in [-0.25, -0.2) is 0 Å². The van der Waals surface area contributed by atoms with Gasteiger partial charge in [0.2, 0.25) is 0 Å². The van der Waals surface area contributed by atoms with E-state index < -0.39 is 17.7 Å². The van der Waals surface area contributed by atoms with E-state index >= 15 is 0 Å². The number of hydrogen-bond donors (Lipinski definition) is 1. The molecule has 0 spiro atoms. The number of carbonyl (C=O) groups is 2. The van der Waals surface area contributed by atoms with Gasteiger partial charge < -0.3 is 19.6 Å². The molecule has 1 fully saturated rings. The molecule has 1 aliphatic heterocycles. The van der Waals surface area contributed by atoms with Gasteiger partial charge in [0.05, 0.1) is 21.7 Å². The molecule has 6 nitrogen and oxygen atoms in total. The average molecular weight is 539 g/mol. The predicted octanol–water partition coefficient (Wildman–Crippen LogP) is 5.86. The Morgan fingerprint density at radius 3 is 2.38 bits per heavy atom. The normalized spacial score (nSPS) is 17.0. The number of halogens is 2. The number of aliphatic hydroxyl groups excluding tert-OH is 1. The number of nitrogens with zero attached hydrogens (tertiary/aromatic N) is 2. The lowest BCUT2D eigenvalue weighted by Gasteiger charge is -2.26. The predicted molar refractivity (Wildman–Crippen MR) is 146 cm³/mol. The molecule has 3 aromatic carbocycles. The Kier molecular flexibility index (Phi) is 8.22. The lowest BCUT2D eigenvalue weighted by Crippen LogP contribution is -2.35. The number of benzene rings is 3. The number of hydrogen-bond acceptors (Lipinski definition) is 5. The van der Waals surface area contributed by atoms with E-state index in [-0.39, 0.29) is 11.3 Å². The van der Waals surface area contributed by atoms with Crippen LogP contribution in [0.2, 0.25) is 10.0 Å². The number of carbonyl (C=O) groups excluding carboxylic acids is 2. The standard InChI is InChI=1S/C29H28Cl2N2O4/c1-18-5-4-6-19(15-18)17-37-22-10-7-20(8-11-22)27(34)25-26(21-9-12-23(30)24(31)16-21)33(14-13-32(2)3)29(36)28(25)35/h4-12,15-16,26,34H,13-14,17H2,1-3H3/b27-25+/t26-/m0/s1. The molecule has 1 saturated heterocycles. The van der Waals surface area contributed by atoms with Crippen molar-refractivity contribution in [3.05, 3.63) is 105 Å². The van der Waals surface area contributed by atoms with Crippen LogP contribution in [0.25, 0.3) is 5.76 Å². The molecular weight excluding hydrogens is 511 g/mol. The Bertz CT molecular complexity index is 1350. The first-order chi connectivity index (χ1) is 17.7. The molecule has 0 unspecified atom stereocenters. The molecule has 1 amide bonds. The fourth-order valence-corrected chi connectivity index (χ4v) is 4.59. The molecular formula is C29H28Cl2N2O4. The fourth-order valence-electron chi connectivity index (χ4n) is 4.28. The summed E-state index contributed by atoms with van der Waals surface area (Å²) in [6.45, 7) is 3.26. The molecule has 1 aliphatic rings. The van der Waals surface area contributed by atoms with Gasteiger partial charge in [-0.15, -0.1) is 0 Å². The van der Waals surface area contributed by atoms with E-state index in [0.29, 0.717) is 46.6 Å². The smallest absolute Gasteiger partial charge is 0.295 e. The van der Waals surface area contributed by atoms with Crippen molar-refractivity contribution in [1.29, 1.82) is 0 Å². The minimum Gasteiger partial charge on any atom is -0.507 e. The second kappa shape index (κ2) is 11.4. The van der Waals surface area contributed by atoms with Crippen LogP contribution in [0.4, 0.5) is 0 Å². The van der Waals surface area contributed by atoms with Crippen LogP contribution in [0.3, 0.4) is 0 Å². The summed E-state index contributed by atoms with van der Waals surface area (Å²) in [6, 6.07) is 19.0. The SMILES string of the molecule is Cc1cccc(COc2ccc(/C(O)=C3\C(=O)C(=O)N(CCN(C)C)[C@H]3c3ccc(Cl)c(Cl)c3)cc2)c1. The van der Waals surface area contributed by atoms with Gasteiger partial charge in [-0.1, -0.05) is 59.1 Å². The van der Waals surface area contributed by atoms with Crippen LogP contribution >= 0.6 is 23.2 Å². The lowest BCUT2D eigenvalue weighted by atomic mass is 9.95. The average Bonchev–Trinajstić information content (AvgIpc) is 3.12. The zero-order valence-electron chi connectivity index (χ0n) is 20.9. The molecule has 192 valence electrons. The number of aliphatic hydroxyl groups is 1. The topological polar surface area (TPSA) is 70.1 Å². The Hall–Kier alpha value is -3.32. The van der Waals surface area contributed by atoms with Crippen molar-refractivity contribution in [1.82, 2.24) is 9.80 Å². The molecule has 1 N–H and O–H groups in total. The highest BCUT2D eigenvalue weighted by Crippen LogP contribution is 2.41. The molecule has 37 heavy (non-hydrogen) atoms. The Labute approximate surface area is 226 Å². The Morgan fingerprint density at radius 2 is 1.73 bits per heavy atom. The monoisotopic (exact) mass is 538 g/mol. The van der Waals surface area contributed by atoms with E-state index in [1.165, 1.54) is 4.90 Å². The van der Waals surface area contributed by atoms with Crippen molar-refractivity contribution in [2.75, 3.05) is 27.2 Å². The summed E-state index contributed by atoms with van der Waals surface area (Å²) < 4.78 is 5.87. The minimum atomic E-state index is -0.799. The molecule has 8 heteroatoms. The highest BCUT2D eigenvalue weighted by Gasteiger charge is 2.46. The first kappa shape index (κ1) is 26.7. The van der Waals surface area contributed by atoms with E-state index in [0.717, 1.165) is 11.1 Å². The van der Waals surface area contributed by atoms with Crippen molar-refractivity contribution in [2.24, 2.45) is 0 Å². The van der Waals surface area contributed by atoms with Crippen molar-refractivity contribution >= 4 is 40.7 Å². The highest BCUT2D eigenvalue weighted by atomic mass is 35.5. The molecule has 0 aliphatic carbocycles. The van der Waals surface area contributed by atoms with Gasteiger partial charge in [0, 0.05) is 18.7 Å². The lowest BCUT2D eigenvalue weighted by molar-refractivity contribution is -0.140. The fraction of sp³-hybridized carbons (Fsp3) is 0.241. The molecule has 0 bridgehead atoms. The number of ether oxygens (including phenoxy) is 1. The third-order valence-corrected chi connectivity index (χ3v) is 6.94. The highest BCUT2D eigenvalue weighted by molar-refractivity contribution is 6.46. The molecule has 0 saturated carbocycles. The molecule has 0 aromatic heterocycles. The molecule has 3 aromatic rings. The van der Waals surface area contributed by atoms with E-state index in [1.54, 1.807) is 42.5 Å². The molecule has 1 atom stereocenters. The van der Waals surface area contributed by atoms with Gasteiger partial charge in [-0.05, 0) is 68.5 Å².